The lowest BCUT2D eigenvalue weighted by molar-refractivity contribution is 0.0682. The zero-order chi connectivity index (χ0) is 16.1. The van der Waals surface area contributed by atoms with Crippen molar-refractivity contribution in [1.29, 1.82) is 0 Å². The number of hydrogen-bond acceptors (Lipinski definition) is 4. The predicted octanol–water partition coefficient (Wildman–Crippen LogP) is 2.21. The summed E-state index contributed by atoms with van der Waals surface area (Å²) >= 11 is 0. The number of amides is 1. The van der Waals surface area contributed by atoms with E-state index in [1.807, 2.05) is 18.2 Å². The van der Waals surface area contributed by atoms with Crippen LogP contribution in [0, 0.1) is 0 Å². The molecule has 0 aliphatic heterocycles. The Bertz CT molecular complexity index is 644. The van der Waals surface area contributed by atoms with Gasteiger partial charge < -0.3 is 14.7 Å². The van der Waals surface area contributed by atoms with E-state index in [9.17, 15) is 9.90 Å². The zero-order valence-corrected chi connectivity index (χ0v) is 13.0. The van der Waals surface area contributed by atoms with Gasteiger partial charge in [0, 0.05) is 24.4 Å². The van der Waals surface area contributed by atoms with Crippen molar-refractivity contribution in [3.63, 3.8) is 0 Å². The first-order valence-corrected chi connectivity index (χ1v) is 7.06. The van der Waals surface area contributed by atoms with E-state index in [1.54, 1.807) is 45.5 Å². The number of benzene rings is 1. The quantitative estimate of drug-likeness (QED) is 0.919. The second-order valence-corrected chi connectivity index (χ2v) is 5.08. The summed E-state index contributed by atoms with van der Waals surface area (Å²) in [4.78, 5) is 18.3. The van der Waals surface area contributed by atoms with Crippen LogP contribution in [-0.2, 0) is 0 Å². The third kappa shape index (κ3) is 3.26. The summed E-state index contributed by atoms with van der Waals surface area (Å²) < 4.78 is 5.36. The molecule has 5 heteroatoms. The number of aliphatic hydroxyl groups excluding tert-OH is 1. The van der Waals surface area contributed by atoms with Gasteiger partial charge in [0.1, 0.15) is 5.75 Å². The molecule has 0 aliphatic rings. The van der Waals surface area contributed by atoms with Gasteiger partial charge in [0.05, 0.1) is 25.5 Å². The van der Waals surface area contributed by atoms with Crippen LogP contribution in [0.1, 0.15) is 17.3 Å². The second kappa shape index (κ2) is 7.04. The average molecular weight is 300 g/mol. The lowest BCUT2D eigenvalue weighted by Gasteiger charge is -2.23. The number of hydrogen-bond donors (Lipinski definition) is 1. The van der Waals surface area contributed by atoms with Gasteiger partial charge in [-0.1, -0.05) is 6.07 Å². The van der Waals surface area contributed by atoms with Crippen molar-refractivity contribution >= 4 is 5.91 Å². The average Bonchev–Trinajstić information content (AvgIpc) is 2.59. The molecule has 0 radical (unpaired) electrons. The number of ether oxygens (including phenoxy) is 1. The third-order valence-corrected chi connectivity index (χ3v) is 3.63. The van der Waals surface area contributed by atoms with Crippen LogP contribution in [0.2, 0.25) is 0 Å². The molecule has 0 aliphatic carbocycles. The van der Waals surface area contributed by atoms with E-state index in [4.69, 9.17) is 4.74 Å². The highest BCUT2D eigenvalue weighted by atomic mass is 16.5. The Balaban J connectivity index is 2.42. The molecule has 2 rings (SSSR count). The number of aromatic nitrogens is 1. The zero-order valence-electron chi connectivity index (χ0n) is 13.0. The lowest BCUT2D eigenvalue weighted by Crippen LogP contribution is -2.37. The van der Waals surface area contributed by atoms with Crippen LogP contribution in [0.25, 0.3) is 11.3 Å². The molecule has 0 saturated heterocycles. The molecule has 1 heterocycles. The van der Waals surface area contributed by atoms with E-state index in [-0.39, 0.29) is 18.6 Å². The van der Waals surface area contributed by atoms with Crippen LogP contribution in [0.5, 0.6) is 5.75 Å². The van der Waals surface area contributed by atoms with Gasteiger partial charge in [-0.05, 0) is 37.3 Å². The summed E-state index contributed by atoms with van der Waals surface area (Å²) in [6.07, 6.45) is 1.70. The van der Waals surface area contributed by atoms with Crippen molar-refractivity contribution in [2.75, 3.05) is 20.8 Å². The van der Waals surface area contributed by atoms with Crippen molar-refractivity contribution in [2.24, 2.45) is 0 Å². The molecule has 1 aromatic carbocycles. The van der Waals surface area contributed by atoms with Crippen molar-refractivity contribution in [3.8, 4) is 17.0 Å². The summed E-state index contributed by atoms with van der Waals surface area (Å²) in [5, 5.41) is 9.19. The Hall–Kier alpha value is -2.40. The summed E-state index contributed by atoms with van der Waals surface area (Å²) in [6, 6.07) is 10.6. The maximum absolute atomic E-state index is 12.5. The first kappa shape index (κ1) is 16.0. The predicted molar refractivity (Wildman–Crippen MR) is 84.9 cm³/mol. The van der Waals surface area contributed by atoms with E-state index in [1.165, 1.54) is 4.90 Å². The number of carbonyl (C=O) groups excluding carboxylic acids is 1. The van der Waals surface area contributed by atoms with E-state index >= 15 is 0 Å². The van der Waals surface area contributed by atoms with Crippen LogP contribution in [0.3, 0.4) is 0 Å². The number of pyridine rings is 1. The molecule has 1 N–H and O–H groups in total. The van der Waals surface area contributed by atoms with Gasteiger partial charge in [-0.3, -0.25) is 9.78 Å². The van der Waals surface area contributed by atoms with Crippen molar-refractivity contribution in [3.05, 3.63) is 48.2 Å². The number of carbonyl (C=O) groups is 1. The Morgan fingerprint density at radius 2 is 2.14 bits per heavy atom. The molecule has 116 valence electrons. The minimum Gasteiger partial charge on any atom is -0.496 e. The third-order valence-electron chi connectivity index (χ3n) is 3.63. The van der Waals surface area contributed by atoms with Gasteiger partial charge in [0.25, 0.3) is 5.91 Å². The van der Waals surface area contributed by atoms with Gasteiger partial charge in [-0.2, -0.15) is 0 Å². The summed E-state index contributed by atoms with van der Waals surface area (Å²) in [5.74, 6) is 0.509. The SMILES string of the molecule is COc1ccc(C(=O)N(C)C(C)CO)cc1-c1ccccn1. The fourth-order valence-corrected chi connectivity index (χ4v) is 2.09. The van der Waals surface area contributed by atoms with E-state index < -0.39 is 0 Å². The molecule has 2 aromatic rings. The molecule has 1 aromatic heterocycles. The number of aliphatic hydroxyl groups is 1. The minimum absolute atomic E-state index is 0.0779. The van der Waals surface area contributed by atoms with Gasteiger partial charge in [0.2, 0.25) is 0 Å². The second-order valence-electron chi connectivity index (χ2n) is 5.08. The van der Waals surface area contributed by atoms with Crippen molar-refractivity contribution in [1.82, 2.24) is 9.88 Å². The molecule has 0 saturated carbocycles. The van der Waals surface area contributed by atoms with Crippen molar-refractivity contribution < 1.29 is 14.6 Å². The Morgan fingerprint density at radius 1 is 1.36 bits per heavy atom. The summed E-state index contributed by atoms with van der Waals surface area (Å²) in [5.41, 5.74) is 2.04. The minimum atomic E-state index is -0.243. The Kier molecular flexibility index (Phi) is 5.12. The lowest BCUT2D eigenvalue weighted by atomic mass is 10.0. The number of methoxy groups -OCH3 is 1. The monoisotopic (exact) mass is 300 g/mol. The Labute approximate surface area is 130 Å². The standard InChI is InChI=1S/C17H20N2O3/c1-12(11-20)19(2)17(21)13-7-8-16(22-3)14(10-13)15-6-4-5-9-18-15/h4-10,12,20H,11H2,1-3H3. The highest BCUT2D eigenvalue weighted by Gasteiger charge is 2.19. The van der Waals surface area contributed by atoms with Crippen molar-refractivity contribution in [2.45, 2.75) is 13.0 Å². The first-order valence-electron chi connectivity index (χ1n) is 7.06. The van der Waals surface area contributed by atoms with E-state index in [2.05, 4.69) is 4.98 Å². The van der Waals surface area contributed by atoms with Gasteiger partial charge >= 0.3 is 0 Å². The van der Waals surface area contributed by atoms with Crippen LogP contribution >= 0.6 is 0 Å². The van der Waals surface area contributed by atoms with E-state index in [0.717, 1.165) is 11.3 Å². The number of rotatable bonds is 5. The van der Waals surface area contributed by atoms with Crippen LogP contribution in [0.15, 0.2) is 42.6 Å². The van der Waals surface area contributed by atoms with Crippen LogP contribution in [0.4, 0.5) is 0 Å². The summed E-state index contributed by atoms with van der Waals surface area (Å²) in [6.45, 7) is 1.71. The molecular formula is C17H20N2O3. The molecule has 5 nitrogen and oxygen atoms in total. The summed E-state index contributed by atoms with van der Waals surface area (Å²) in [7, 11) is 3.26. The smallest absolute Gasteiger partial charge is 0.253 e. The molecule has 1 atom stereocenters. The molecule has 22 heavy (non-hydrogen) atoms. The fraction of sp³-hybridized carbons (Fsp3) is 0.294. The highest BCUT2D eigenvalue weighted by Crippen LogP contribution is 2.29. The highest BCUT2D eigenvalue weighted by molar-refractivity contribution is 5.96. The molecule has 0 fully saturated rings. The molecular weight excluding hydrogens is 280 g/mol. The van der Waals surface area contributed by atoms with Crippen LogP contribution in [-0.4, -0.2) is 47.7 Å². The van der Waals surface area contributed by atoms with Gasteiger partial charge in [-0.25, -0.2) is 0 Å². The van der Waals surface area contributed by atoms with Crippen LogP contribution < -0.4 is 4.74 Å². The molecule has 0 bridgehead atoms. The number of nitrogens with zero attached hydrogens (tertiary/aromatic N) is 2. The largest absolute Gasteiger partial charge is 0.496 e. The Morgan fingerprint density at radius 3 is 2.73 bits per heavy atom. The molecule has 1 unspecified atom stereocenters. The van der Waals surface area contributed by atoms with E-state index in [0.29, 0.717) is 11.3 Å². The topological polar surface area (TPSA) is 62.7 Å². The molecule has 1 amide bonds. The molecule has 0 spiro atoms. The number of likely N-dealkylation sites (N-methyl/N-ethyl adjacent to an activating group) is 1. The normalized spacial score (nSPS) is 11.8. The van der Waals surface area contributed by atoms with Gasteiger partial charge in [-0.15, -0.1) is 0 Å². The fourth-order valence-electron chi connectivity index (χ4n) is 2.09. The maximum atomic E-state index is 12.5. The maximum Gasteiger partial charge on any atom is 0.253 e. The first-order chi connectivity index (χ1) is 10.6. The van der Waals surface area contributed by atoms with Gasteiger partial charge in [0.15, 0.2) is 0 Å².